The summed E-state index contributed by atoms with van der Waals surface area (Å²) in [6.45, 7) is 6.54. The second-order valence-corrected chi connectivity index (χ2v) is 4.47. The topological polar surface area (TPSA) is 9.23 Å². The van der Waals surface area contributed by atoms with Crippen LogP contribution >= 0.6 is 0 Å². The van der Waals surface area contributed by atoms with Gasteiger partial charge in [-0.15, -0.1) is 0 Å². The molecule has 0 aliphatic rings. The highest BCUT2D eigenvalue weighted by Crippen LogP contribution is 2.05. The quantitative estimate of drug-likeness (QED) is 0.684. The van der Waals surface area contributed by atoms with E-state index in [4.69, 9.17) is 4.74 Å². The lowest BCUT2D eigenvalue weighted by atomic mass is 10.2. The van der Waals surface area contributed by atoms with Gasteiger partial charge in [-0.3, -0.25) is 0 Å². The highest BCUT2D eigenvalue weighted by molar-refractivity contribution is 5.52. The van der Waals surface area contributed by atoms with Gasteiger partial charge in [0.25, 0.3) is 0 Å². The van der Waals surface area contributed by atoms with Crippen LogP contribution in [0.1, 0.15) is 26.3 Å². The summed E-state index contributed by atoms with van der Waals surface area (Å²) in [5.41, 5.74) is 1.05. The fourth-order valence-electron chi connectivity index (χ4n) is 1.06. The van der Waals surface area contributed by atoms with Crippen molar-refractivity contribution in [3.63, 3.8) is 0 Å². The van der Waals surface area contributed by atoms with Crippen LogP contribution in [0.15, 0.2) is 36.4 Å². The monoisotopic (exact) mass is 214 g/mol. The van der Waals surface area contributed by atoms with E-state index < -0.39 is 0 Å². The van der Waals surface area contributed by atoms with Crippen LogP contribution < -0.4 is 0 Å². The Morgan fingerprint density at radius 3 is 2.50 bits per heavy atom. The van der Waals surface area contributed by atoms with E-state index in [-0.39, 0.29) is 5.60 Å². The van der Waals surface area contributed by atoms with Gasteiger partial charge in [-0.2, -0.15) is 0 Å². The van der Waals surface area contributed by atoms with Crippen molar-refractivity contribution in [1.29, 1.82) is 0 Å². The fraction of sp³-hybridized carbons (Fsp3) is 0.333. The Hall–Kier alpha value is -1.52. The third-order valence-corrected chi connectivity index (χ3v) is 1.84. The predicted octanol–water partition coefficient (Wildman–Crippen LogP) is 3.52. The molecule has 0 aromatic heterocycles. The predicted molar refractivity (Wildman–Crippen MR) is 69.0 cm³/mol. The van der Waals surface area contributed by atoms with Gasteiger partial charge in [-0.1, -0.05) is 42.2 Å². The molecule has 0 fully saturated rings. The van der Waals surface area contributed by atoms with Crippen molar-refractivity contribution < 1.29 is 4.74 Å². The van der Waals surface area contributed by atoms with Crippen molar-refractivity contribution in [2.75, 3.05) is 6.61 Å². The number of ether oxygens (including phenoxy) is 1. The van der Waals surface area contributed by atoms with Gasteiger partial charge in [-0.05, 0) is 38.5 Å². The second kappa shape index (κ2) is 6.15. The number of allylic oxidation sites excluding steroid dienone is 1. The molecule has 0 radical (unpaired) electrons. The van der Waals surface area contributed by atoms with Crippen LogP contribution in [0, 0.1) is 11.8 Å². The minimum atomic E-state index is -0.113. The Morgan fingerprint density at radius 2 is 1.88 bits per heavy atom. The van der Waals surface area contributed by atoms with Gasteiger partial charge in [0.15, 0.2) is 0 Å². The molecule has 0 aliphatic heterocycles. The first kappa shape index (κ1) is 12.5. The molecule has 0 N–H and O–H groups in total. The van der Waals surface area contributed by atoms with Crippen molar-refractivity contribution in [3.8, 4) is 11.8 Å². The molecule has 0 heterocycles. The molecule has 1 rings (SSSR count). The van der Waals surface area contributed by atoms with Gasteiger partial charge in [0.2, 0.25) is 0 Å². The molecule has 0 saturated carbocycles. The molecule has 1 nitrogen and oxygen atoms in total. The van der Waals surface area contributed by atoms with Gasteiger partial charge in [-0.25, -0.2) is 0 Å². The van der Waals surface area contributed by atoms with E-state index >= 15 is 0 Å². The van der Waals surface area contributed by atoms with E-state index in [9.17, 15) is 0 Å². The van der Waals surface area contributed by atoms with Gasteiger partial charge in [0.05, 0.1) is 5.60 Å². The second-order valence-electron chi connectivity index (χ2n) is 4.47. The first-order valence-electron chi connectivity index (χ1n) is 5.42. The third-order valence-electron chi connectivity index (χ3n) is 1.84. The fourth-order valence-corrected chi connectivity index (χ4v) is 1.06. The smallest absolute Gasteiger partial charge is 0.108 e. The minimum absolute atomic E-state index is 0.113. The summed E-state index contributed by atoms with van der Waals surface area (Å²) in [7, 11) is 0. The first-order chi connectivity index (χ1) is 7.58. The van der Waals surface area contributed by atoms with Crippen LogP contribution in [0.2, 0.25) is 0 Å². The zero-order chi connectivity index (χ0) is 11.9. The van der Waals surface area contributed by atoms with Crippen molar-refractivity contribution in [1.82, 2.24) is 0 Å². The van der Waals surface area contributed by atoms with Crippen molar-refractivity contribution in [2.45, 2.75) is 26.4 Å². The number of benzene rings is 1. The molecular formula is C15H18O. The van der Waals surface area contributed by atoms with E-state index in [1.54, 1.807) is 0 Å². The highest BCUT2D eigenvalue weighted by Gasteiger charge is 2.07. The summed E-state index contributed by atoms with van der Waals surface area (Å²) >= 11 is 0. The lowest BCUT2D eigenvalue weighted by Gasteiger charge is -2.16. The van der Waals surface area contributed by atoms with Crippen molar-refractivity contribution >= 4 is 6.08 Å². The Bertz CT molecular complexity index is 385. The van der Waals surface area contributed by atoms with Crippen LogP contribution in [0.5, 0.6) is 0 Å². The number of hydrogen-bond acceptors (Lipinski definition) is 1. The lowest BCUT2D eigenvalue weighted by Crippen LogP contribution is -2.18. The summed E-state index contributed by atoms with van der Waals surface area (Å²) < 4.78 is 5.47. The van der Waals surface area contributed by atoms with E-state index in [1.807, 2.05) is 63.3 Å². The van der Waals surface area contributed by atoms with Gasteiger partial charge in [0.1, 0.15) is 6.61 Å². The van der Waals surface area contributed by atoms with E-state index in [2.05, 4.69) is 11.8 Å². The third kappa shape index (κ3) is 6.06. The molecule has 16 heavy (non-hydrogen) atoms. The average molecular weight is 214 g/mol. The molecular weight excluding hydrogens is 196 g/mol. The zero-order valence-electron chi connectivity index (χ0n) is 10.2. The molecule has 0 bridgehead atoms. The summed E-state index contributed by atoms with van der Waals surface area (Å²) in [6, 6.07) is 10.1. The molecule has 0 aliphatic carbocycles. The van der Waals surface area contributed by atoms with Crippen LogP contribution in [-0.2, 0) is 4.74 Å². The largest absolute Gasteiger partial charge is 0.363 e. The van der Waals surface area contributed by atoms with Crippen molar-refractivity contribution in [2.24, 2.45) is 0 Å². The number of hydrogen-bond donors (Lipinski definition) is 0. The normalized spacial score (nSPS) is 11.2. The van der Waals surface area contributed by atoms with E-state index in [1.165, 1.54) is 0 Å². The Balaban J connectivity index is 2.35. The summed E-state index contributed by atoms with van der Waals surface area (Å²) in [5.74, 6) is 5.90. The lowest BCUT2D eigenvalue weighted by molar-refractivity contribution is 0.0181. The standard InChI is InChI=1S/C15H18O/c1-15(2,3)16-13-9-5-8-12-14-10-6-4-7-11-14/h4,6-8,10-12H,13H2,1-3H3/b12-8+. The molecule has 0 amide bonds. The SMILES string of the molecule is CC(C)(C)OCC#C/C=C/c1ccccc1. The summed E-state index contributed by atoms with van der Waals surface area (Å²) in [6.07, 6.45) is 3.84. The molecule has 84 valence electrons. The molecule has 0 unspecified atom stereocenters. The summed E-state index contributed by atoms with van der Waals surface area (Å²) in [5, 5.41) is 0. The average Bonchev–Trinajstić information content (AvgIpc) is 2.23. The highest BCUT2D eigenvalue weighted by atomic mass is 16.5. The van der Waals surface area contributed by atoms with Crippen LogP contribution in [0.25, 0.3) is 6.08 Å². The maximum Gasteiger partial charge on any atom is 0.108 e. The Kier molecular flexibility index (Phi) is 4.82. The van der Waals surface area contributed by atoms with E-state index in [0.717, 1.165) is 5.56 Å². The maximum absolute atomic E-state index is 5.47. The zero-order valence-corrected chi connectivity index (χ0v) is 10.2. The van der Waals surface area contributed by atoms with Gasteiger partial charge >= 0.3 is 0 Å². The Labute approximate surface area is 98.1 Å². The molecule has 0 spiro atoms. The van der Waals surface area contributed by atoms with Crippen LogP contribution in [0.4, 0.5) is 0 Å². The molecule has 0 saturated heterocycles. The molecule has 1 aromatic rings. The van der Waals surface area contributed by atoms with Gasteiger partial charge < -0.3 is 4.74 Å². The van der Waals surface area contributed by atoms with Gasteiger partial charge in [0, 0.05) is 0 Å². The van der Waals surface area contributed by atoms with Crippen LogP contribution in [-0.4, -0.2) is 12.2 Å². The first-order valence-corrected chi connectivity index (χ1v) is 5.42. The number of rotatable bonds is 2. The maximum atomic E-state index is 5.47. The Morgan fingerprint density at radius 1 is 1.19 bits per heavy atom. The van der Waals surface area contributed by atoms with Crippen LogP contribution in [0.3, 0.4) is 0 Å². The minimum Gasteiger partial charge on any atom is -0.363 e. The van der Waals surface area contributed by atoms with E-state index in [0.29, 0.717) is 6.61 Å². The molecule has 0 atom stereocenters. The summed E-state index contributed by atoms with van der Waals surface area (Å²) in [4.78, 5) is 0. The molecule has 1 heteroatoms. The van der Waals surface area contributed by atoms with Crippen molar-refractivity contribution in [3.05, 3.63) is 42.0 Å². The molecule has 1 aromatic carbocycles.